The number of benzene rings is 1. The summed E-state index contributed by atoms with van der Waals surface area (Å²) >= 11 is 1.66. The fourth-order valence-electron chi connectivity index (χ4n) is 3.57. The molecule has 1 aromatic heterocycles. The van der Waals surface area contributed by atoms with Gasteiger partial charge in [-0.1, -0.05) is 51.6 Å². The standard InChI is InChI=1S/C25H37N5OS/c1-7-28(6)23(31)20-11-9-19(10-12-20)18-32-24-26-21(25(3,4)5)17-22(27-24)30-15-13-29(8-2)14-16-30/h9-12,17H,7-8,13-16,18H2,1-6H3. The third kappa shape index (κ3) is 6.23. The number of anilines is 1. The van der Waals surface area contributed by atoms with Crippen molar-refractivity contribution in [3.8, 4) is 0 Å². The molecule has 0 unspecified atom stereocenters. The number of nitrogens with zero attached hydrogens (tertiary/aromatic N) is 5. The van der Waals surface area contributed by atoms with E-state index in [4.69, 9.17) is 9.97 Å². The Morgan fingerprint density at radius 3 is 2.28 bits per heavy atom. The number of hydrogen-bond donors (Lipinski definition) is 0. The molecular formula is C25H37N5OS. The van der Waals surface area contributed by atoms with Crippen LogP contribution in [0.2, 0.25) is 0 Å². The molecule has 7 heteroatoms. The molecule has 32 heavy (non-hydrogen) atoms. The molecule has 3 rings (SSSR count). The normalized spacial score (nSPS) is 15.1. The Labute approximate surface area is 197 Å². The number of carbonyl (C=O) groups excluding carboxylic acids is 1. The maximum atomic E-state index is 12.3. The lowest BCUT2D eigenvalue weighted by Crippen LogP contribution is -2.46. The highest BCUT2D eigenvalue weighted by Gasteiger charge is 2.22. The van der Waals surface area contributed by atoms with E-state index < -0.39 is 0 Å². The molecule has 2 aromatic rings. The number of amides is 1. The number of carbonyl (C=O) groups is 1. The van der Waals surface area contributed by atoms with Crippen LogP contribution in [0.1, 0.15) is 56.2 Å². The molecule has 1 saturated heterocycles. The van der Waals surface area contributed by atoms with E-state index in [1.54, 1.807) is 16.7 Å². The number of thioether (sulfide) groups is 1. The molecule has 0 spiro atoms. The van der Waals surface area contributed by atoms with Crippen molar-refractivity contribution in [1.29, 1.82) is 0 Å². The van der Waals surface area contributed by atoms with Crippen LogP contribution in [0, 0.1) is 0 Å². The summed E-state index contributed by atoms with van der Waals surface area (Å²) in [6.07, 6.45) is 0. The fraction of sp³-hybridized carbons (Fsp3) is 0.560. The average Bonchev–Trinajstić information content (AvgIpc) is 2.81. The van der Waals surface area contributed by atoms with Crippen molar-refractivity contribution in [2.45, 2.75) is 50.9 Å². The zero-order valence-electron chi connectivity index (χ0n) is 20.4. The van der Waals surface area contributed by atoms with Crippen LogP contribution in [-0.2, 0) is 11.2 Å². The second kappa shape index (κ2) is 10.7. The van der Waals surface area contributed by atoms with Crippen LogP contribution in [-0.4, -0.2) is 72.0 Å². The van der Waals surface area contributed by atoms with Crippen molar-refractivity contribution < 1.29 is 4.79 Å². The van der Waals surface area contributed by atoms with Crippen LogP contribution in [0.25, 0.3) is 0 Å². The molecule has 2 heterocycles. The summed E-state index contributed by atoms with van der Waals surface area (Å²) in [5.41, 5.74) is 2.92. The average molecular weight is 456 g/mol. The predicted molar refractivity (Wildman–Crippen MR) is 134 cm³/mol. The van der Waals surface area contributed by atoms with E-state index in [2.05, 4.69) is 43.6 Å². The van der Waals surface area contributed by atoms with Gasteiger partial charge in [-0.05, 0) is 31.2 Å². The van der Waals surface area contributed by atoms with Crippen molar-refractivity contribution in [3.63, 3.8) is 0 Å². The first-order valence-corrected chi connectivity index (χ1v) is 12.5. The first-order chi connectivity index (χ1) is 15.2. The molecule has 174 valence electrons. The van der Waals surface area contributed by atoms with Gasteiger partial charge in [-0.2, -0.15) is 0 Å². The Kier molecular flexibility index (Phi) is 8.17. The minimum Gasteiger partial charge on any atom is -0.354 e. The molecule has 1 fully saturated rings. The van der Waals surface area contributed by atoms with Gasteiger partial charge in [0.2, 0.25) is 0 Å². The van der Waals surface area contributed by atoms with Gasteiger partial charge in [-0.15, -0.1) is 0 Å². The first-order valence-electron chi connectivity index (χ1n) is 11.5. The van der Waals surface area contributed by atoms with E-state index in [1.807, 2.05) is 38.2 Å². The molecule has 1 aliphatic rings. The van der Waals surface area contributed by atoms with Gasteiger partial charge in [0.25, 0.3) is 5.91 Å². The Balaban J connectivity index is 1.73. The number of likely N-dealkylation sites (N-methyl/N-ethyl adjacent to an activating group) is 1. The first kappa shape index (κ1) is 24.5. The fourth-order valence-corrected chi connectivity index (χ4v) is 4.38. The Bertz CT molecular complexity index is 902. The molecule has 0 saturated carbocycles. The van der Waals surface area contributed by atoms with E-state index in [-0.39, 0.29) is 11.3 Å². The van der Waals surface area contributed by atoms with Crippen LogP contribution in [0.3, 0.4) is 0 Å². The van der Waals surface area contributed by atoms with Crippen molar-refractivity contribution in [3.05, 3.63) is 47.2 Å². The highest BCUT2D eigenvalue weighted by atomic mass is 32.2. The molecule has 0 bridgehead atoms. The van der Waals surface area contributed by atoms with Crippen molar-refractivity contribution >= 4 is 23.5 Å². The third-order valence-corrected chi connectivity index (χ3v) is 6.91. The van der Waals surface area contributed by atoms with Gasteiger partial charge < -0.3 is 14.7 Å². The summed E-state index contributed by atoms with van der Waals surface area (Å²) in [5.74, 6) is 1.86. The lowest BCUT2D eigenvalue weighted by Gasteiger charge is -2.35. The molecule has 1 aromatic carbocycles. The summed E-state index contributed by atoms with van der Waals surface area (Å²) < 4.78 is 0. The highest BCUT2D eigenvalue weighted by molar-refractivity contribution is 7.98. The topological polar surface area (TPSA) is 52.6 Å². The van der Waals surface area contributed by atoms with Crippen LogP contribution >= 0.6 is 11.8 Å². The molecule has 6 nitrogen and oxygen atoms in total. The molecule has 1 aliphatic heterocycles. The summed E-state index contributed by atoms with van der Waals surface area (Å²) in [5, 5.41) is 0.816. The second-order valence-corrected chi connectivity index (χ2v) is 10.3. The summed E-state index contributed by atoms with van der Waals surface area (Å²) in [6.45, 7) is 16.8. The molecule has 0 radical (unpaired) electrons. The largest absolute Gasteiger partial charge is 0.354 e. The van der Waals surface area contributed by atoms with Crippen LogP contribution in [0.4, 0.5) is 5.82 Å². The number of rotatable bonds is 7. The van der Waals surface area contributed by atoms with Gasteiger partial charge >= 0.3 is 0 Å². The minimum absolute atomic E-state index is 0.0362. The van der Waals surface area contributed by atoms with Crippen LogP contribution in [0.15, 0.2) is 35.5 Å². The van der Waals surface area contributed by atoms with E-state index in [0.29, 0.717) is 6.54 Å². The van der Waals surface area contributed by atoms with Gasteiger partial charge in [0, 0.05) is 62.6 Å². The van der Waals surface area contributed by atoms with Crippen molar-refractivity contribution in [1.82, 2.24) is 19.8 Å². The van der Waals surface area contributed by atoms with E-state index in [0.717, 1.165) is 66.3 Å². The van der Waals surface area contributed by atoms with Gasteiger partial charge in [-0.3, -0.25) is 4.79 Å². The zero-order chi connectivity index (χ0) is 23.3. The van der Waals surface area contributed by atoms with Crippen molar-refractivity contribution in [2.24, 2.45) is 0 Å². The minimum atomic E-state index is -0.0362. The molecule has 0 aliphatic carbocycles. The SMILES string of the molecule is CCN1CCN(c2cc(C(C)(C)C)nc(SCc3ccc(C(=O)N(C)CC)cc3)n2)CC1. The maximum Gasteiger partial charge on any atom is 0.253 e. The third-order valence-electron chi connectivity index (χ3n) is 5.99. The Morgan fingerprint density at radius 2 is 1.72 bits per heavy atom. The lowest BCUT2D eigenvalue weighted by molar-refractivity contribution is 0.0802. The molecule has 0 N–H and O–H groups in total. The Morgan fingerprint density at radius 1 is 1.06 bits per heavy atom. The van der Waals surface area contributed by atoms with Gasteiger partial charge in [0.1, 0.15) is 5.82 Å². The summed E-state index contributed by atoms with van der Waals surface area (Å²) in [6, 6.07) is 10.0. The summed E-state index contributed by atoms with van der Waals surface area (Å²) in [4.78, 5) is 28.7. The molecule has 0 atom stereocenters. The van der Waals surface area contributed by atoms with Crippen LogP contribution in [0.5, 0.6) is 0 Å². The number of piperazine rings is 1. The van der Waals surface area contributed by atoms with Crippen molar-refractivity contribution in [2.75, 3.05) is 51.2 Å². The molecule has 1 amide bonds. The predicted octanol–water partition coefficient (Wildman–Crippen LogP) is 4.30. The maximum absolute atomic E-state index is 12.3. The highest BCUT2D eigenvalue weighted by Crippen LogP contribution is 2.29. The Hall–Kier alpha value is -2.12. The van der Waals surface area contributed by atoms with Gasteiger partial charge in [0.05, 0.1) is 5.69 Å². The smallest absolute Gasteiger partial charge is 0.253 e. The van der Waals surface area contributed by atoms with E-state index >= 15 is 0 Å². The monoisotopic (exact) mass is 455 g/mol. The number of hydrogen-bond acceptors (Lipinski definition) is 6. The van der Waals surface area contributed by atoms with Crippen LogP contribution < -0.4 is 4.90 Å². The molecular weight excluding hydrogens is 418 g/mol. The van der Waals surface area contributed by atoms with E-state index in [9.17, 15) is 4.79 Å². The second-order valence-electron chi connectivity index (χ2n) is 9.37. The van der Waals surface area contributed by atoms with Gasteiger partial charge in [0.15, 0.2) is 5.16 Å². The number of aromatic nitrogens is 2. The quantitative estimate of drug-likeness (QED) is 0.458. The van der Waals surface area contributed by atoms with Gasteiger partial charge in [-0.25, -0.2) is 9.97 Å². The zero-order valence-corrected chi connectivity index (χ0v) is 21.2. The van der Waals surface area contributed by atoms with E-state index in [1.165, 1.54) is 0 Å². The summed E-state index contributed by atoms with van der Waals surface area (Å²) in [7, 11) is 1.82. The lowest BCUT2D eigenvalue weighted by atomic mass is 9.92.